The molecule has 2 aromatic carbocycles. The molecule has 0 aliphatic rings. The van der Waals surface area contributed by atoms with Crippen LogP contribution in [0.3, 0.4) is 0 Å². The first-order valence-electron chi connectivity index (χ1n) is 6.56. The van der Waals surface area contributed by atoms with E-state index in [0.717, 1.165) is 17.7 Å². The lowest BCUT2D eigenvalue weighted by Crippen LogP contribution is -1.99. The molecule has 0 amide bonds. The summed E-state index contributed by atoms with van der Waals surface area (Å²) in [5, 5.41) is 0.694. The van der Waals surface area contributed by atoms with Crippen LogP contribution in [0.2, 0.25) is 5.02 Å². The number of benzene rings is 2. The first-order valence-corrected chi connectivity index (χ1v) is 6.94. The number of ether oxygens (including phenoxy) is 2. The molecular weight excluding hydrogens is 274 g/mol. The van der Waals surface area contributed by atoms with Crippen molar-refractivity contribution in [2.24, 2.45) is 0 Å². The van der Waals surface area contributed by atoms with Gasteiger partial charge in [-0.05, 0) is 49.2 Å². The van der Waals surface area contributed by atoms with Crippen molar-refractivity contribution in [2.45, 2.75) is 20.3 Å². The third-order valence-electron chi connectivity index (χ3n) is 2.81. The summed E-state index contributed by atoms with van der Waals surface area (Å²) in [4.78, 5) is 0. The Bertz CT molecular complexity index is 599. The fourth-order valence-corrected chi connectivity index (χ4v) is 2.00. The summed E-state index contributed by atoms with van der Waals surface area (Å²) in [6.07, 6.45) is 0.931. The Morgan fingerprint density at radius 2 is 1.90 bits per heavy atom. The molecule has 0 atom stereocenters. The quantitative estimate of drug-likeness (QED) is 0.804. The van der Waals surface area contributed by atoms with E-state index in [1.807, 2.05) is 32.0 Å². The third kappa shape index (κ3) is 3.58. The normalized spacial score (nSPS) is 10.3. The molecule has 0 saturated carbocycles. The second-order valence-electron chi connectivity index (χ2n) is 4.56. The van der Waals surface area contributed by atoms with E-state index in [2.05, 4.69) is 0 Å². The summed E-state index contributed by atoms with van der Waals surface area (Å²) in [6.45, 7) is 4.63. The molecule has 3 nitrogen and oxygen atoms in total. The van der Waals surface area contributed by atoms with Gasteiger partial charge in [-0.25, -0.2) is 0 Å². The largest absolute Gasteiger partial charge is 0.491 e. The summed E-state index contributed by atoms with van der Waals surface area (Å²) in [6, 6.07) is 10.9. The predicted octanol–water partition coefficient (Wildman–Crippen LogP) is 4.81. The Kier molecular flexibility index (Phi) is 4.74. The van der Waals surface area contributed by atoms with Gasteiger partial charge in [0.2, 0.25) is 0 Å². The molecule has 106 valence electrons. The average molecular weight is 292 g/mol. The Morgan fingerprint density at radius 1 is 1.10 bits per heavy atom. The molecule has 2 N–H and O–H groups in total. The minimum atomic E-state index is 0.610. The molecule has 0 saturated heterocycles. The third-order valence-corrected chi connectivity index (χ3v) is 3.05. The minimum Gasteiger partial charge on any atom is -0.491 e. The van der Waals surface area contributed by atoms with E-state index < -0.39 is 0 Å². The van der Waals surface area contributed by atoms with Crippen LogP contribution in [0.15, 0.2) is 36.4 Å². The highest BCUT2D eigenvalue weighted by Gasteiger charge is 2.06. The topological polar surface area (TPSA) is 44.5 Å². The van der Waals surface area contributed by atoms with Crippen molar-refractivity contribution < 1.29 is 9.47 Å². The van der Waals surface area contributed by atoms with Crippen LogP contribution in [0.4, 0.5) is 5.69 Å². The fourth-order valence-electron chi connectivity index (χ4n) is 1.77. The minimum absolute atomic E-state index is 0.610. The summed E-state index contributed by atoms with van der Waals surface area (Å²) in [5.74, 6) is 2.10. The van der Waals surface area contributed by atoms with E-state index in [0.29, 0.717) is 28.8 Å². The molecule has 2 rings (SSSR count). The molecular formula is C16H18ClNO2. The highest BCUT2D eigenvalue weighted by molar-refractivity contribution is 6.30. The molecule has 2 aromatic rings. The van der Waals surface area contributed by atoms with Crippen LogP contribution < -0.4 is 15.2 Å². The predicted molar refractivity (Wildman–Crippen MR) is 82.9 cm³/mol. The molecule has 0 heterocycles. The zero-order valence-electron chi connectivity index (χ0n) is 11.7. The van der Waals surface area contributed by atoms with Crippen molar-refractivity contribution in [1.82, 2.24) is 0 Å². The van der Waals surface area contributed by atoms with E-state index in [9.17, 15) is 0 Å². The monoisotopic (exact) mass is 291 g/mol. The lowest BCUT2D eigenvalue weighted by atomic mass is 10.2. The molecule has 0 unspecified atom stereocenters. The highest BCUT2D eigenvalue weighted by Crippen LogP contribution is 2.32. The number of anilines is 1. The van der Waals surface area contributed by atoms with E-state index >= 15 is 0 Å². The molecule has 0 aliphatic carbocycles. The Hall–Kier alpha value is -1.87. The van der Waals surface area contributed by atoms with Crippen molar-refractivity contribution >= 4 is 17.3 Å². The van der Waals surface area contributed by atoms with Gasteiger partial charge in [-0.15, -0.1) is 0 Å². The van der Waals surface area contributed by atoms with Crippen LogP contribution >= 0.6 is 11.6 Å². The van der Waals surface area contributed by atoms with Crippen LogP contribution in [-0.4, -0.2) is 6.61 Å². The molecule has 0 radical (unpaired) electrons. The highest BCUT2D eigenvalue weighted by atomic mass is 35.5. The van der Waals surface area contributed by atoms with Crippen molar-refractivity contribution in [3.05, 3.63) is 47.0 Å². The zero-order chi connectivity index (χ0) is 14.5. The summed E-state index contributed by atoms with van der Waals surface area (Å²) >= 11 is 5.93. The van der Waals surface area contributed by atoms with E-state index in [1.165, 1.54) is 0 Å². The molecule has 0 aromatic heterocycles. The van der Waals surface area contributed by atoms with Crippen LogP contribution in [0.1, 0.15) is 18.9 Å². The average Bonchev–Trinajstić information content (AvgIpc) is 2.42. The number of rotatable bonds is 5. The smallest absolute Gasteiger partial charge is 0.145 e. The van der Waals surface area contributed by atoms with Gasteiger partial charge >= 0.3 is 0 Å². The fraction of sp³-hybridized carbons (Fsp3) is 0.250. The Labute approximate surface area is 124 Å². The van der Waals surface area contributed by atoms with Gasteiger partial charge in [0.1, 0.15) is 17.2 Å². The van der Waals surface area contributed by atoms with Gasteiger partial charge < -0.3 is 15.2 Å². The summed E-state index contributed by atoms with van der Waals surface area (Å²) < 4.78 is 11.4. The van der Waals surface area contributed by atoms with Crippen LogP contribution in [-0.2, 0) is 0 Å². The molecule has 0 fully saturated rings. The van der Waals surface area contributed by atoms with Gasteiger partial charge in [0.05, 0.1) is 12.3 Å². The number of hydrogen-bond donors (Lipinski definition) is 1. The number of aryl methyl sites for hydroxylation is 1. The molecule has 0 bridgehead atoms. The van der Waals surface area contributed by atoms with Gasteiger partial charge in [0.15, 0.2) is 0 Å². The maximum absolute atomic E-state index is 5.93. The number of nitrogens with two attached hydrogens (primary N) is 1. The van der Waals surface area contributed by atoms with Gasteiger partial charge in [0.25, 0.3) is 0 Å². The lowest BCUT2D eigenvalue weighted by molar-refractivity contribution is 0.317. The number of hydrogen-bond acceptors (Lipinski definition) is 3. The maximum Gasteiger partial charge on any atom is 0.145 e. The van der Waals surface area contributed by atoms with Crippen molar-refractivity contribution in [3.8, 4) is 17.2 Å². The van der Waals surface area contributed by atoms with E-state index in [4.69, 9.17) is 26.8 Å². The summed E-state index contributed by atoms with van der Waals surface area (Å²) in [7, 11) is 0. The SMILES string of the molecule is CCCOc1cc(Oc2ccc(Cl)cc2C)ccc1N. The number of halogens is 1. The molecule has 0 aliphatic heterocycles. The lowest BCUT2D eigenvalue weighted by Gasteiger charge is -2.12. The number of nitrogen functional groups attached to an aromatic ring is 1. The first kappa shape index (κ1) is 14.5. The standard InChI is InChI=1S/C16H18ClNO2/c1-3-8-19-16-10-13(5-6-14(16)18)20-15-7-4-12(17)9-11(15)2/h4-7,9-10H,3,8,18H2,1-2H3. The van der Waals surface area contributed by atoms with E-state index in [1.54, 1.807) is 18.2 Å². The molecule has 4 heteroatoms. The second kappa shape index (κ2) is 6.53. The van der Waals surface area contributed by atoms with Crippen molar-refractivity contribution in [1.29, 1.82) is 0 Å². The Balaban J connectivity index is 2.20. The Morgan fingerprint density at radius 3 is 2.60 bits per heavy atom. The molecule has 0 spiro atoms. The van der Waals surface area contributed by atoms with Gasteiger partial charge in [-0.2, -0.15) is 0 Å². The second-order valence-corrected chi connectivity index (χ2v) is 5.00. The van der Waals surface area contributed by atoms with Gasteiger partial charge in [-0.3, -0.25) is 0 Å². The van der Waals surface area contributed by atoms with Gasteiger partial charge in [-0.1, -0.05) is 18.5 Å². The van der Waals surface area contributed by atoms with Crippen molar-refractivity contribution in [2.75, 3.05) is 12.3 Å². The van der Waals surface area contributed by atoms with Crippen molar-refractivity contribution in [3.63, 3.8) is 0 Å². The van der Waals surface area contributed by atoms with Gasteiger partial charge in [0, 0.05) is 11.1 Å². The zero-order valence-corrected chi connectivity index (χ0v) is 12.4. The maximum atomic E-state index is 5.93. The molecule has 20 heavy (non-hydrogen) atoms. The summed E-state index contributed by atoms with van der Waals surface area (Å²) in [5.41, 5.74) is 7.46. The van der Waals surface area contributed by atoms with Crippen LogP contribution in [0, 0.1) is 6.92 Å². The van der Waals surface area contributed by atoms with Crippen LogP contribution in [0.5, 0.6) is 17.2 Å². The first-order chi connectivity index (χ1) is 9.60. The van der Waals surface area contributed by atoms with E-state index in [-0.39, 0.29) is 0 Å². The van der Waals surface area contributed by atoms with Crippen LogP contribution in [0.25, 0.3) is 0 Å².